The van der Waals surface area contributed by atoms with Gasteiger partial charge in [0.05, 0.1) is 17.9 Å². The first-order valence-corrected chi connectivity index (χ1v) is 7.79. The Hall–Kier alpha value is -2.92. The summed E-state index contributed by atoms with van der Waals surface area (Å²) in [4.78, 5) is 4.06. The lowest BCUT2D eigenvalue weighted by Crippen LogP contribution is -2.28. The van der Waals surface area contributed by atoms with Gasteiger partial charge < -0.3 is 10.2 Å². The number of benzene rings is 2. The standard InChI is InChI=1S/C19H18N4O/c1-19(2,20)13-5-3-12(4-6-13)14-7-8-16-15(9-22-23-16)18(14)17-10-21-11-24-17/h3-11H,20H2,1-2H3,(H,22,23). The molecule has 2 aromatic heterocycles. The highest BCUT2D eigenvalue weighted by atomic mass is 16.3. The number of hydrogen-bond acceptors (Lipinski definition) is 4. The SMILES string of the molecule is CC(C)(N)c1ccc(-c2ccc3[nH]ncc3c2-c2cnco2)cc1. The van der Waals surface area contributed by atoms with E-state index in [-0.39, 0.29) is 5.54 Å². The van der Waals surface area contributed by atoms with Crippen LogP contribution in [0, 0.1) is 0 Å². The fourth-order valence-electron chi connectivity index (χ4n) is 2.94. The van der Waals surface area contributed by atoms with Crippen LogP contribution in [0.4, 0.5) is 0 Å². The van der Waals surface area contributed by atoms with Gasteiger partial charge in [-0.2, -0.15) is 5.10 Å². The molecule has 0 radical (unpaired) electrons. The van der Waals surface area contributed by atoms with E-state index in [1.54, 1.807) is 6.20 Å². The van der Waals surface area contributed by atoms with Crippen molar-refractivity contribution in [3.05, 3.63) is 60.7 Å². The first kappa shape index (κ1) is 14.7. The maximum atomic E-state index is 6.18. The Kier molecular flexibility index (Phi) is 3.25. The molecule has 24 heavy (non-hydrogen) atoms. The smallest absolute Gasteiger partial charge is 0.181 e. The quantitative estimate of drug-likeness (QED) is 0.596. The highest BCUT2D eigenvalue weighted by Crippen LogP contribution is 2.37. The molecule has 0 atom stereocenters. The van der Waals surface area contributed by atoms with E-state index in [9.17, 15) is 0 Å². The summed E-state index contributed by atoms with van der Waals surface area (Å²) in [6, 6.07) is 12.4. The molecule has 0 saturated heterocycles. The zero-order chi connectivity index (χ0) is 16.7. The van der Waals surface area contributed by atoms with Gasteiger partial charge in [0.15, 0.2) is 12.2 Å². The number of aromatic nitrogens is 3. The fraction of sp³-hybridized carbons (Fsp3) is 0.158. The second kappa shape index (κ2) is 5.32. The molecule has 5 nitrogen and oxygen atoms in total. The Bertz CT molecular complexity index is 977. The van der Waals surface area contributed by atoms with Gasteiger partial charge in [-0.15, -0.1) is 0 Å². The number of H-pyrrole nitrogens is 1. The van der Waals surface area contributed by atoms with E-state index >= 15 is 0 Å². The van der Waals surface area contributed by atoms with Crippen molar-refractivity contribution < 1.29 is 4.42 Å². The molecule has 0 bridgehead atoms. The Morgan fingerprint density at radius 3 is 2.50 bits per heavy atom. The van der Waals surface area contributed by atoms with E-state index in [0.29, 0.717) is 0 Å². The summed E-state index contributed by atoms with van der Waals surface area (Å²) >= 11 is 0. The highest BCUT2D eigenvalue weighted by molar-refractivity contribution is 6.01. The van der Waals surface area contributed by atoms with Gasteiger partial charge in [0.2, 0.25) is 0 Å². The average Bonchev–Trinajstić information content (AvgIpc) is 3.24. The van der Waals surface area contributed by atoms with Crippen LogP contribution < -0.4 is 5.73 Å². The van der Waals surface area contributed by atoms with Crippen LogP contribution in [0.25, 0.3) is 33.4 Å². The van der Waals surface area contributed by atoms with Gasteiger partial charge in [-0.1, -0.05) is 30.3 Å². The second-order valence-electron chi connectivity index (χ2n) is 6.48. The number of hydrogen-bond donors (Lipinski definition) is 2. The largest absolute Gasteiger partial charge is 0.443 e. The van der Waals surface area contributed by atoms with Gasteiger partial charge in [0.25, 0.3) is 0 Å². The van der Waals surface area contributed by atoms with Crippen LogP contribution in [-0.2, 0) is 5.54 Å². The number of nitrogens with one attached hydrogen (secondary N) is 1. The topological polar surface area (TPSA) is 80.7 Å². The van der Waals surface area contributed by atoms with Crippen molar-refractivity contribution in [3.8, 4) is 22.5 Å². The van der Waals surface area contributed by atoms with Crippen LogP contribution in [0.2, 0.25) is 0 Å². The van der Waals surface area contributed by atoms with Crippen LogP contribution in [-0.4, -0.2) is 15.2 Å². The molecule has 2 heterocycles. The molecular weight excluding hydrogens is 300 g/mol. The maximum Gasteiger partial charge on any atom is 0.181 e. The summed E-state index contributed by atoms with van der Waals surface area (Å²) in [5.41, 5.74) is 11.0. The lowest BCUT2D eigenvalue weighted by molar-refractivity contribution is 0.554. The van der Waals surface area contributed by atoms with Gasteiger partial charge in [-0.05, 0) is 36.6 Å². The highest BCUT2D eigenvalue weighted by Gasteiger charge is 2.17. The zero-order valence-electron chi connectivity index (χ0n) is 13.6. The summed E-state index contributed by atoms with van der Waals surface area (Å²) in [5.74, 6) is 0.722. The Balaban J connectivity index is 1.92. The zero-order valence-corrected chi connectivity index (χ0v) is 13.6. The summed E-state index contributed by atoms with van der Waals surface area (Å²) < 4.78 is 5.56. The molecule has 0 aliphatic carbocycles. The normalized spacial score (nSPS) is 12.0. The molecule has 0 saturated carbocycles. The maximum absolute atomic E-state index is 6.18. The van der Waals surface area contributed by atoms with Crippen molar-refractivity contribution in [2.45, 2.75) is 19.4 Å². The summed E-state index contributed by atoms with van der Waals surface area (Å²) in [6.45, 7) is 4.00. The van der Waals surface area contributed by atoms with Crippen LogP contribution in [0.3, 0.4) is 0 Å². The molecule has 3 N–H and O–H groups in total. The molecule has 0 fully saturated rings. The van der Waals surface area contributed by atoms with Crippen LogP contribution in [0.1, 0.15) is 19.4 Å². The minimum Gasteiger partial charge on any atom is -0.443 e. The molecule has 0 amide bonds. The van der Waals surface area contributed by atoms with Gasteiger partial charge >= 0.3 is 0 Å². The Labute approximate surface area is 139 Å². The monoisotopic (exact) mass is 318 g/mol. The predicted octanol–water partition coefficient (Wildman–Crippen LogP) is 4.08. The first-order valence-electron chi connectivity index (χ1n) is 7.79. The number of nitrogens with zero attached hydrogens (tertiary/aromatic N) is 2. The van der Waals surface area contributed by atoms with Gasteiger partial charge in [-0.3, -0.25) is 5.10 Å². The third-order valence-electron chi connectivity index (χ3n) is 4.24. The Morgan fingerprint density at radius 2 is 1.83 bits per heavy atom. The molecule has 0 spiro atoms. The van der Waals surface area contributed by atoms with E-state index in [2.05, 4.69) is 45.5 Å². The van der Waals surface area contributed by atoms with Crippen LogP contribution >= 0.6 is 0 Å². The average molecular weight is 318 g/mol. The number of fused-ring (bicyclic) bond motifs is 1. The Morgan fingerprint density at radius 1 is 1.04 bits per heavy atom. The molecule has 5 heteroatoms. The summed E-state index contributed by atoms with van der Waals surface area (Å²) in [6.07, 6.45) is 4.98. The third kappa shape index (κ3) is 2.39. The molecule has 0 aliphatic heterocycles. The minimum absolute atomic E-state index is 0.360. The predicted molar refractivity (Wildman–Crippen MR) is 94.2 cm³/mol. The second-order valence-corrected chi connectivity index (χ2v) is 6.48. The van der Waals surface area contributed by atoms with E-state index < -0.39 is 0 Å². The van der Waals surface area contributed by atoms with Gasteiger partial charge in [0, 0.05) is 16.5 Å². The lowest BCUT2D eigenvalue weighted by Gasteiger charge is -2.19. The number of rotatable bonds is 3. The molecular formula is C19H18N4O. The fourth-order valence-corrected chi connectivity index (χ4v) is 2.94. The van der Waals surface area contributed by atoms with Crippen molar-refractivity contribution in [3.63, 3.8) is 0 Å². The van der Waals surface area contributed by atoms with E-state index in [0.717, 1.165) is 38.9 Å². The third-order valence-corrected chi connectivity index (χ3v) is 4.24. The van der Waals surface area contributed by atoms with Crippen molar-refractivity contribution in [2.24, 2.45) is 5.73 Å². The molecule has 4 aromatic rings. The van der Waals surface area contributed by atoms with Crippen molar-refractivity contribution in [1.82, 2.24) is 15.2 Å². The van der Waals surface area contributed by atoms with E-state index in [1.807, 2.05) is 26.1 Å². The molecule has 0 aliphatic rings. The summed E-state index contributed by atoms with van der Waals surface area (Å²) in [7, 11) is 0. The van der Waals surface area contributed by atoms with E-state index in [4.69, 9.17) is 10.2 Å². The molecule has 0 unspecified atom stereocenters. The van der Waals surface area contributed by atoms with Crippen molar-refractivity contribution in [1.29, 1.82) is 0 Å². The minimum atomic E-state index is -0.360. The number of nitrogens with two attached hydrogens (primary N) is 1. The number of aromatic amines is 1. The molecule has 2 aromatic carbocycles. The first-order chi connectivity index (χ1) is 11.5. The van der Waals surface area contributed by atoms with Gasteiger partial charge in [-0.25, -0.2) is 4.98 Å². The summed E-state index contributed by atoms with van der Waals surface area (Å²) in [5, 5.41) is 8.16. The van der Waals surface area contributed by atoms with Crippen LogP contribution in [0.15, 0.2) is 59.6 Å². The lowest BCUT2D eigenvalue weighted by atomic mass is 9.91. The van der Waals surface area contributed by atoms with Gasteiger partial charge in [0.1, 0.15) is 0 Å². The molecule has 120 valence electrons. The molecule has 4 rings (SSSR count). The van der Waals surface area contributed by atoms with Crippen molar-refractivity contribution in [2.75, 3.05) is 0 Å². The van der Waals surface area contributed by atoms with Crippen molar-refractivity contribution >= 4 is 10.9 Å². The number of oxazole rings is 1. The van der Waals surface area contributed by atoms with E-state index in [1.165, 1.54) is 6.39 Å². The van der Waals surface area contributed by atoms with Crippen LogP contribution in [0.5, 0.6) is 0 Å².